The Morgan fingerprint density at radius 2 is 1.83 bits per heavy atom. The van der Waals surface area contributed by atoms with Gasteiger partial charge in [0, 0.05) is 5.56 Å². The fraction of sp³-hybridized carbons (Fsp3) is 0.200. The first-order valence-electron chi connectivity index (χ1n) is 14.6. The normalized spacial score (nSPS) is 16.6. The number of methoxy groups -OCH3 is 1. The van der Waals surface area contributed by atoms with Crippen LogP contribution in [-0.4, -0.2) is 54.7 Å². The van der Waals surface area contributed by atoms with Gasteiger partial charge < -0.3 is 28.8 Å². The number of fused-ring (bicyclic) bond motifs is 1. The molecule has 6 rings (SSSR count). The van der Waals surface area contributed by atoms with Crippen molar-refractivity contribution < 1.29 is 43.2 Å². The molecule has 47 heavy (non-hydrogen) atoms. The van der Waals surface area contributed by atoms with Crippen molar-refractivity contribution in [1.82, 2.24) is 4.98 Å². The summed E-state index contributed by atoms with van der Waals surface area (Å²) in [6.07, 6.45) is 1.44. The number of hydrogen-bond acceptors (Lipinski definition) is 11. The summed E-state index contributed by atoms with van der Waals surface area (Å²) in [7, 11) is 1.48. The molecular formula is C35H30N2O9S. The molecule has 1 unspecified atom stereocenters. The molecule has 1 fully saturated rings. The largest absolute Gasteiger partial charge is 0.507 e. The number of amides is 1. The maximum atomic E-state index is 13.8. The van der Waals surface area contributed by atoms with Crippen LogP contribution in [0.4, 0.5) is 5.13 Å². The van der Waals surface area contributed by atoms with Crippen LogP contribution >= 0.6 is 11.3 Å². The van der Waals surface area contributed by atoms with Gasteiger partial charge in [-0.15, -0.1) is 0 Å². The summed E-state index contributed by atoms with van der Waals surface area (Å²) in [6, 6.07) is 18.2. The summed E-state index contributed by atoms with van der Waals surface area (Å²) in [5.41, 5.74) is 1.75. The Labute approximate surface area is 274 Å². The fourth-order valence-corrected chi connectivity index (χ4v) is 6.26. The van der Waals surface area contributed by atoms with Crippen molar-refractivity contribution in [2.24, 2.45) is 0 Å². The Morgan fingerprint density at radius 1 is 1.06 bits per heavy atom. The lowest BCUT2D eigenvalue weighted by Crippen LogP contribution is -2.29. The van der Waals surface area contributed by atoms with Crippen LogP contribution in [0.25, 0.3) is 5.76 Å². The smallest absolute Gasteiger partial charge is 0.350 e. The van der Waals surface area contributed by atoms with Gasteiger partial charge in [0.1, 0.15) is 37.1 Å². The zero-order valence-electron chi connectivity index (χ0n) is 25.6. The van der Waals surface area contributed by atoms with Crippen LogP contribution in [0.15, 0.2) is 85.0 Å². The van der Waals surface area contributed by atoms with Gasteiger partial charge in [-0.2, -0.15) is 0 Å². The molecule has 12 heteroatoms. The zero-order chi connectivity index (χ0) is 33.1. The standard InChI is InChI=1S/C35H30N2O9S/c1-4-14-45-34(41)32-20(2)36-35(47-32)37-29(22-10-12-24(26(17-22)42-3)46-19-21-8-6-5-7-9-21)28(31(39)33(37)40)30(38)23-11-13-25-27(18-23)44-16-15-43-25/h4-13,17-18,29,38H,1,14-16,19H2,2-3H3/b30-28+. The average molecular weight is 655 g/mol. The second kappa shape index (κ2) is 13.4. The van der Waals surface area contributed by atoms with Crippen LogP contribution in [0.5, 0.6) is 23.0 Å². The zero-order valence-corrected chi connectivity index (χ0v) is 26.4. The molecule has 11 nitrogen and oxygen atoms in total. The molecule has 0 saturated carbocycles. The second-order valence-corrected chi connectivity index (χ2v) is 11.5. The number of nitrogens with zero attached hydrogens (tertiary/aromatic N) is 2. The molecule has 1 saturated heterocycles. The number of esters is 1. The lowest BCUT2D eigenvalue weighted by Gasteiger charge is -2.24. The van der Waals surface area contributed by atoms with Crippen molar-refractivity contribution >= 4 is 39.9 Å². The van der Waals surface area contributed by atoms with E-state index in [-0.39, 0.29) is 34.4 Å². The van der Waals surface area contributed by atoms with Gasteiger partial charge in [-0.3, -0.25) is 14.5 Å². The molecule has 3 aromatic carbocycles. The van der Waals surface area contributed by atoms with Gasteiger partial charge in [0.05, 0.1) is 24.4 Å². The highest BCUT2D eigenvalue weighted by atomic mass is 32.1. The monoisotopic (exact) mass is 654 g/mol. The number of rotatable bonds is 10. The molecule has 0 radical (unpaired) electrons. The van der Waals surface area contributed by atoms with Crippen molar-refractivity contribution in [2.45, 2.75) is 19.6 Å². The highest BCUT2D eigenvalue weighted by Gasteiger charge is 2.49. The van der Waals surface area contributed by atoms with E-state index in [1.54, 1.807) is 43.3 Å². The SMILES string of the molecule is C=CCOC(=O)c1sc(N2C(=O)C(=O)/C(=C(/O)c3ccc4c(c3)OCCO4)C2c2ccc(OCc3ccccc3)c(OC)c2)nc1C. The highest BCUT2D eigenvalue weighted by Crippen LogP contribution is 2.46. The predicted octanol–water partition coefficient (Wildman–Crippen LogP) is 5.78. The Balaban J connectivity index is 1.46. The molecule has 1 aromatic heterocycles. The fourth-order valence-electron chi connectivity index (χ4n) is 5.27. The van der Waals surface area contributed by atoms with Crippen molar-refractivity contribution in [3.63, 3.8) is 0 Å². The number of aliphatic hydroxyl groups is 1. The van der Waals surface area contributed by atoms with Crippen LogP contribution in [0.3, 0.4) is 0 Å². The van der Waals surface area contributed by atoms with Crippen molar-refractivity contribution in [1.29, 1.82) is 0 Å². The number of anilines is 1. The van der Waals surface area contributed by atoms with E-state index in [0.29, 0.717) is 47.5 Å². The van der Waals surface area contributed by atoms with Crippen LogP contribution in [0, 0.1) is 6.92 Å². The topological polar surface area (TPSA) is 134 Å². The average Bonchev–Trinajstić information content (AvgIpc) is 3.61. The Bertz CT molecular complexity index is 1900. The van der Waals surface area contributed by atoms with E-state index in [2.05, 4.69) is 11.6 Å². The second-order valence-electron chi connectivity index (χ2n) is 10.5. The number of thiazole rings is 1. The number of ether oxygens (including phenoxy) is 5. The van der Waals surface area contributed by atoms with Crippen LogP contribution in [-0.2, 0) is 20.9 Å². The van der Waals surface area contributed by atoms with Gasteiger partial charge in [-0.1, -0.05) is 60.4 Å². The van der Waals surface area contributed by atoms with Gasteiger partial charge in [0.15, 0.2) is 28.1 Å². The number of carbonyl (C=O) groups excluding carboxylic acids is 3. The molecule has 3 heterocycles. The quantitative estimate of drug-likeness (QED) is 0.0738. The number of hydrogen-bond donors (Lipinski definition) is 1. The molecule has 4 aromatic rings. The molecule has 0 bridgehead atoms. The van der Waals surface area contributed by atoms with E-state index < -0.39 is 29.5 Å². The summed E-state index contributed by atoms with van der Waals surface area (Å²) in [5.74, 6) is -1.27. The first-order chi connectivity index (χ1) is 22.8. The van der Waals surface area contributed by atoms with Crippen LogP contribution in [0.1, 0.15) is 38.1 Å². The van der Waals surface area contributed by atoms with Crippen molar-refractivity contribution in [3.05, 3.63) is 112 Å². The summed E-state index contributed by atoms with van der Waals surface area (Å²) < 4.78 is 28.2. The van der Waals surface area contributed by atoms with E-state index in [1.807, 2.05) is 30.3 Å². The molecule has 2 aliphatic rings. The summed E-state index contributed by atoms with van der Waals surface area (Å²) >= 11 is 0.903. The molecule has 2 aliphatic heterocycles. The minimum atomic E-state index is -1.15. The van der Waals surface area contributed by atoms with E-state index in [4.69, 9.17) is 23.7 Å². The minimum absolute atomic E-state index is 0.00988. The number of aliphatic hydroxyl groups excluding tert-OH is 1. The third-order valence-electron chi connectivity index (χ3n) is 7.51. The Morgan fingerprint density at radius 3 is 2.57 bits per heavy atom. The highest BCUT2D eigenvalue weighted by molar-refractivity contribution is 7.17. The number of ketones is 1. The lowest BCUT2D eigenvalue weighted by molar-refractivity contribution is -0.132. The van der Waals surface area contributed by atoms with Gasteiger partial charge >= 0.3 is 11.9 Å². The predicted molar refractivity (Wildman–Crippen MR) is 173 cm³/mol. The van der Waals surface area contributed by atoms with Crippen LogP contribution < -0.4 is 23.8 Å². The number of Topliss-reactive ketones (excluding diaryl/α,β-unsaturated/α-hetero) is 1. The summed E-state index contributed by atoms with van der Waals surface area (Å²) in [6.45, 7) is 6.13. The summed E-state index contributed by atoms with van der Waals surface area (Å²) in [5, 5.41) is 11.7. The Hall–Kier alpha value is -5.62. The molecule has 1 N–H and O–H groups in total. The molecule has 0 aliphatic carbocycles. The molecule has 1 amide bonds. The van der Waals surface area contributed by atoms with Gasteiger partial charge in [-0.05, 0) is 48.4 Å². The minimum Gasteiger partial charge on any atom is -0.507 e. The molecular weight excluding hydrogens is 624 g/mol. The number of aryl methyl sites for hydroxylation is 1. The van der Waals surface area contributed by atoms with E-state index in [9.17, 15) is 19.5 Å². The Kier molecular flexibility index (Phi) is 8.94. The number of benzene rings is 3. The van der Waals surface area contributed by atoms with Gasteiger partial charge in [0.25, 0.3) is 5.78 Å². The van der Waals surface area contributed by atoms with E-state index in [0.717, 1.165) is 16.9 Å². The maximum absolute atomic E-state index is 13.8. The van der Waals surface area contributed by atoms with Crippen molar-refractivity contribution in [3.8, 4) is 23.0 Å². The third-order valence-corrected chi connectivity index (χ3v) is 8.65. The van der Waals surface area contributed by atoms with Crippen LogP contribution in [0.2, 0.25) is 0 Å². The molecule has 0 spiro atoms. The molecule has 240 valence electrons. The lowest BCUT2D eigenvalue weighted by atomic mass is 9.95. The number of aromatic nitrogens is 1. The van der Waals surface area contributed by atoms with Gasteiger partial charge in [0.2, 0.25) is 0 Å². The number of carbonyl (C=O) groups is 3. The summed E-state index contributed by atoms with van der Waals surface area (Å²) in [4.78, 5) is 46.1. The maximum Gasteiger partial charge on any atom is 0.350 e. The molecule has 1 atom stereocenters. The van der Waals surface area contributed by atoms with Crippen molar-refractivity contribution in [2.75, 3.05) is 31.8 Å². The van der Waals surface area contributed by atoms with Gasteiger partial charge in [-0.25, -0.2) is 9.78 Å². The first-order valence-corrected chi connectivity index (χ1v) is 15.4. The third kappa shape index (κ3) is 6.15. The van der Waals surface area contributed by atoms with E-state index in [1.165, 1.54) is 18.1 Å². The first kappa shape index (κ1) is 31.4. The van der Waals surface area contributed by atoms with E-state index >= 15 is 0 Å².